The first-order valence-electron chi connectivity index (χ1n) is 10.1. The molecule has 2 fully saturated rings. The molecule has 172 valence electrons. The second-order valence-corrected chi connectivity index (χ2v) is 7.79. The number of nitrogens with zero attached hydrogens (tertiary/aromatic N) is 4. The summed E-state index contributed by atoms with van der Waals surface area (Å²) in [5, 5.41) is 14.8. The van der Waals surface area contributed by atoms with E-state index in [1.165, 1.54) is 11.9 Å². The molecule has 0 radical (unpaired) electrons. The lowest BCUT2D eigenvalue weighted by Gasteiger charge is -2.23. The molecule has 0 unspecified atom stereocenters. The molecule has 11 nitrogen and oxygen atoms in total. The van der Waals surface area contributed by atoms with E-state index in [1.54, 1.807) is 12.5 Å². The molecule has 2 saturated heterocycles. The van der Waals surface area contributed by atoms with Gasteiger partial charge in [0.1, 0.15) is 12.0 Å². The van der Waals surface area contributed by atoms with Crippen molar-refractivity contribution in [3.63, 3.8) is 0 Å². The molecule has 0 bridgehead atoms. The molecule has 0 saturated carbocycles. The number of hydrogen-bond acceptors (Lipinski definition) is 8. The van der Waals surface area contributed by atoms with Gasteiger partial charge >= 0.3 is 11.9 Å². The fourth-order valence-corrected chi connectivity index (χ4v) is 3.82. The van der Waals surface area contributed by atoms with E-state index in [0.717, 1.165) is 30.9 Å². The molecule has 11 heteroatoms. The third kappa shape index (κ3) is 5.68. The number of fused-ring (bicyclic) bond motifs is 1. The Balaban J connectivity index is 0.000000427. The summed E-state index contributed by atoms with van der Waals surface area (Å²) in [4.78, 5) is 43.8. The second-order valence-electron chi connectivity index (χ2n) is 7.79. The zero-order valence-corrected chi connectivity index (χ0v) is 17.9. The van der Waals surface area contributed by atoms with E-state index >= 15 is 0 Å². The predicted octanol–water partition coefficient (Wildman–Crippen LogP) is 0.815. The van der Waals surface area contributed by atoms with Crippen LogP contribution in [0.25, 0.3) is 0 Å². The van der Waals surface area contributed by atoms with E-state index in [9.17, 15) is 4.79 Å². The smallest absolute Gasteiger partial charge is 0.414 e. The normalized spacial score (nSPS) is 20.6. The molecule has 2 aliphatic heterocycles. The molecule has 0 aromatic carbocycles. The summed E-state index contributed by atoms with van der Waals surface area (Å²) in [5.41, 5.74) is 3.37. The average Bonchev–Trinajstić information content (AvgIpc) is 3.36. The van der Waals surface area contributed by atoms with E-state index in [-0.39, 0.29) is 12.0 Å². The largest absolute Gasteiger partial charge is 0.473 e. The Labute approximate surface area is 184 Å². The van der Waals surface area contributed by atoms with Gasteiger partial charge in [0, 0.05) is 55.5 Å². The SMILES string of the molecule is Cc1ncnc(C(=O)N2C[C@@H]3CN(Cc4ccoc4)CCO[C@@H]3C2)c1C.O=C(O)C(=O)O. The number of carboxylic acid groups (broad SMARTS) is 2. The van der Waals surface area contributed by atoms with Crippen LogP contribution < -0.4 is 0 Å². The molecule has 0 spiro atoms. The van der Waals surface area contributed by atoms with Crippen LogP contribution in [0.15, 0.2) is 29.3 Å². The number of ether oxygens (including phenoxy) is 1. The number of carboxylic acids is 2. The van der Waals surface area contributed by atoms with E-state index in [4.69, 9.17) is 29.0 Å². The van der Waals surface area contributed by atoms with Gasteiger partial charge < -0.3 is 24.3 Å². The lowest BCUT2D eigenvalue weighted by Crippen LogP contribution is -2.34. The van der Waals surface area contributed by atoms with E-state index in [2.05, 4.69) is 14.9 Å². The highest BCUT2D eigenvalue weighted by molar-refractivity contribution is 6.27. The van der Waals surface area contributed by atoms with Gasteiger partial charge in [-0.1, -0.05) is 0 Å². The number of furan rings is 1. The van der Waals surface area contributed by atoms with Crippen molar-refractivity contribution < 1.29 is 33.8 Å². The zero-order chi connectivity index (χ0) is 23.3. The first-order valence-corrected chi connectivity index (χ1v) is 10.1. The molecule has 2 aromatic heterocycles. The number of rotatable bonds is 3. The predicted molar refractivity (Wildman–Crippen MR) is 110 cm³/mol. The minimum absolute atomic E-state index is 0.0222. The molecule has 0 aliphatic carbocycles. The van der Waals surface area contributed by atoms with Gasteiger partial charge in [0.25, 0.3) is 5.91 Å². The van der Waals surface area contributed by atoms with Crippen LogP contribution in [-0.4, -0.2) is 86.7 Å². The molecule has 32 heavy (non-hydrogen) atoms. The Morgan fingerprint density at radius 3 is 2.53 bits per heavy atom. The fourth-order valence-electron chi connectivity index (χ4n) is 3.82. The Morgan fingerprint density at radius 1 is 1.12 bits per heavy atom. The number of carbonyl (C=O) groups excluding carboxylic acids is 1. The van der Waals surface area contributed by atoms with Crippen molar-refractivity contribution in [1.82, 2.24) is 19.8 Å². The number of likely N-dealkylation sites (tertiary alicyclic amines) is 1. The lowest BCUT2D eigenvalue weighted by atomic mass is 10.1. The summed E-state index contributed by atoms with van der Waals surface area (Å²) in [7, 11) is 0. The molecular weight excluding hydrogens is 420 g/mol. The van der Waals surface area contributed by atoms with Crippen molar-refractivity contribution in [3.05, 3.63) is 47.4 Å². The molecule has 2 N–H and O–H groups in total. The van der Waals surface area contributed by atoms with Crippen LogP contribution in [0.4, 0.5) is 0 Å². The van der Waals surface area contributed by atoms with Crippen molar-refractivity contribution in [2.45, 2.75) is 26.5 Å². The highest BCUT2D eigenvalue weighted by Gasteiger charge is 2.39. The minimum Gasteiger partial charge on any atom is -0.473 e. The molecule has 2 aliphatic rings. The molecule has 2 atom stereocenters. The molecule has 1 amide bonds. The first kappa shape index (κ1) is 23.4. The average molecular weight is 446 g/mol. The quantitative estimate of drug-likeness (QED) is 0.649. The van der Waals surface area contributed by atoms with E-state index in [1.807, 2.05) is 24.8 Å². The number of amides is 1. The van der Waals surface area contributed by atoms with Crippen molar-refractivity contribution in [3.8, 4) is 0 Å². The Morgan fingerprint density at radius 2 is 1.88 bits per heavy atom. The third-order valence-corrected chi connectivity index (χ3v) is 5.61. The summed E-state index contributed by atoms with van der Waals surface area (Å²) < 4.78 is 11.2. The third-order valence-electron chi connectivity index (χ3n) is 5.61. The summed E-state index contributed by atoms with van der Waals surface area (Å²) in [6.45, 7) is 8.49. The van der Waals surface area contributed by atoms with Crippen LogP contribution in [0.3, 0.4) is 0 Å². The number of aromatic nitrogens is 2. The maximum absolute atomic E-state index is 12.9. The van der Waals surface area contributed by atoms with Crippen molar-refractivity contribution >= 4 is 17.8 Å². The van der Waals surface area contributed by atoms with Gasteiger partial charge in [0.05, 0.1) is 25.2 Å². The minimum atomic E-state index is -1.82. The van der Waals surface area contributed by atoms with Crippen LogP contribution in [0.5, 0.6) is 0 Å². The monoisotopic (exact) mass is 446 g/mol. The van der Waals surface area contributed by atoms with Gasteiger partial charge in [0.2, 0.25) is 0 Å². The van der Waals surface area contributed by atoms with Crippen LogP contribution in [0.2, 0.25) is 0 Å². The van der Waals surface area contributed by atoms with Gasteiger partial charge in [-0.15, -0.1) is 0 Å². The topological polar surface area (TPSA) is 146 Å². The van der Waals surface area contributed by atoms with Crippen LogP contribution in [0.1, 0.15) is 27.3 Å². The molecule has 4 heterocycles. The van der Waals surface area contributed by atoms with Crippen LogP contribution in [-0.2, 0) is 20.9 Å². The maximum Gasteiger partial charge on any atom is 0.414 e. The summed E-state index contributed by atoms with van der Waals surface area (Å²) in [6, 6.07) is 1.99. The standard InChI is InChI=1S/C19H24N4O3.C2H2O4/c1-13-14(2)20-12-21-18(13)19(24)23-9-16-8-22(4-6-26-17(16)10-23)7-15-3-5-25-11-15;3-1(4)2(5)6/h3,5,11-12,16-17H,4,6-10H2,1-2H3;(H,3,4)(H,5,6)/t16-,17+;/m0./s1. The van der Waals surface area contributed by atoms with Crippen molar-refractivity contribution in [2.75, 3.05) is 32.8 Å². The number of aryl methyl sites for hydroxylation is 1. The number of aliphatic carboxylic acids is 2. The first-order chi connectivity index (χ1) is 15.3. The van der Waals surface area contributed by atoms with Crippen LogP contribution in [0, 0.1) is 19.8 Å². The summed E-state index contributed by atoms with van der Waals surface area (Å²) >= 11 is 0. The Hall–Kier alpha value is -3.31. The molecule has 2 aromatic rings. The zero-order valence-electron chi connectivity index (χ0n) is 17.9. The Bertz CT molecular complexity index is 951. The second kappa shape index (κ2) is 10.3. The lowest BCUT2D eigenvalue weighted by molar-refractivity contribution is -0.159. The van der Waals surface area contributed by atoms with Gasteiger partial charge in [-0.3, -0.25) is 9.69 Å². The molecule has 4 rings (SSSR count). The number of hydrogen-bond donors (Lipinski definition) is 2. The number of carbonyl (C=O) groups is 3. The van der Waals surface area contributed by atoms with Crippen molar-refractivity contribution in [2.24, 2.45) is 5.92 Å². The fraction of sp³-hybridized carbons (Fsp3) is 0.476. The van der Waals surface area contributed by atoms with Gasteiger partial charge in [-0.25, -0.2) is 19.6 Å². The van der Waals surface area contributed by atoms with Gasteiger partial charge in [0.15, 0.2) is 0 Å². The highest BCUT2D eigenvalue weighted by atomic mass is 16.5. The molecular formula is C21H26N4O7. The van der Waals surface area contributed by atoms with Crippen molar-refractivity contribution in [1.29, 1.82) is 0 Å². The van der Waals surface area contributed by atoms with E-state index < -0.39 is 11.9 Å². The Kier molecular flexibility index (Phi) is 7.54. The summed E-state index contributed by atoms with van der Waals surface area (Å²) in [5.74, 6) is -3.35. The summed E-state index contributed by atoms with van der Waals surface area (Å²) in [6.07, 6.45) is 5.05. The maximum atomic E-state index is 12.9. The van der Waals surface area contributed by atoms with E-state index in [0.29, 0.717) is 31.3 Å². The highest BCUT2D eigenvalue weighted by Crippen LogP contribution is 2.26. The van der Waals surface area contributed by atoms with Gasteiger partial charge in [-0.2, -0.15) is 0 Å². The van der Waals surface area contributed by atoms with Crippen LogP contribution >= 0.6 is 0 Å². The van der Waals surface area contributed by atoms with Gasteiger partial charge in [-0.05, 0) is 19.9 Å².